The fraction of sp³-hybridized carbons (Fsp3) is 0.222. The molecule has 0 aliphatic rings. The highest BCUT2D eigenvalue weighted by molar-refractivity contribution is 7.11. The SMILES string of the molecule is Cc1nc(-c2ccnc(N)n2)c(C)s1. The molecule has 2 aromatic rings. The van der Waals surface area contributed by atoms with Gasteiger partial charge in [-0.1, -0.05) is 0 Å². The average molecular weight is 206 g/mol. The van der Waals surface area contributed by atoms with Crippen LogP contribution in [0.3, 0.4) is 0 Å². The Hall–Kier alpha value is -1.49. The standard InChI is InChI=1S/C9H10N4S/c1-5-8(12-6(2)14-5)7-3-4-11-9(10)13-7/h3-4H,1-2H3,(H2,10,11,13). The summed E-state index contributed by atoms with van der Waals surface area (Å²) >= 11 is 1.66. The summed E-state index contributed by atoms with van der Waals surface area (Å²) in [6.45, 7) is 4.00. The molecule has 0 atom stereocenters. The van der Waals surface area contributed by atoms with E-state index in [1.54, 1.807) is 17.5 Å². The fourth-order valence-electron chi connectivity index (χ4n) is 1.27. The molecule has 0 bridgehead atoms. The lowest BCUT2D eigenvalue weighted by Crippen LogP contribution is -1.95. The summed E-state index contributed by atoms with van der Waals surface area (Å²) in [7, 11) is 0. The summed E-state index contributed by atoms with van der Waals surface area (Å²) in [5.41, 5.74) is 7.20. The first-order valence-corrected chi connectivity index (χ1v) is 5.01. The van der Waals surface area contributed by atoms with Crippen LogP contribution in [0.25, 0.3) is 11.4 Å². The van der Waals surface area contributed by atoms with Crippen LogP contribution in [-0.4, -0.2) is 15.0 Å². The van der Waals surface area contributed by atoms with Gasteiger partial charge in [-0.05, 0) is 19.9 Å². The Balaban J connectivity index is 2.54. The van der Waals surface area contributed by atoms with Gasteiger partial charge < -0.3 is 5.73 Å². The van der Waals surface area contributed by atoms with Gasteiger partial charge in [0.2, 0.25) is 5.95 Å². The predicted octanol–water partition coefficient (Wildman–Crippen LogP) is 1.80. The third-order valence-electron chi connectivity index (χ3n) is 1.82. The maximum atomic E-state index is 5.51. The van der Waals surface area contributed by atoms with Crippen molar-refractivity contribution in [3.63, 3.8) is 0 Å². The molecule has 0 radical (unpaired) electrons. The second kappa shape index (κ2) is 3.34. The highest BCUT2D eigenvalue weighted by Gasteiger charge is 2.08. The average Bonchev–Trinajstić information content (AvgIpc) is 2.45. The first kappa shape index (κ1) is 9.08. The molecule has 72 valence electrons. The van der Waals surface area contributed by atoms with Crippen LogP contribution in [0, 0.1) is 13.8 Å². The van der Waals surface area contributed by atoms with E-state index in [0.717, 1.165) is 21.3 Å². The molecular formula is C9H10N4S. The topological polar surface area (TPSA) is 64.7 Å². The minimum absolute atomic E-state index is 0.285. The molecule has 2 rings (SSSR count). The summed E-state index contributed by atoms with van der Waals surface area (Å²) in [4.78, 5) is 13.5. The molecule has 0 aliphatic heterocycles. The number of nitrogen functional groups attached to an aromatic ring is 1. The van der Waals surface area contributed by atoms with E-state index in [-0.39, 0.29) is 5.95 Å². The molecule has 2 heterocycles. The molecule has 14 heavy (non-hydrogen) atoms. The highest BCUT2D eigenvalue weighted by Crippen LogP contribution is 2.25. The third-order valence-corrected chi connectivity index (χ3v) is 2.71. The molecule has 0 fully saturated rings. The quantitative estimate of drug-likeness (QED) is 0.772. The van der Waals surface area contributed by atoms with Crippen molar-refractivity contribution in [1.29, 1.82) is 0 Å². The molecule has 0 saturated carbocycles. The van der Waals surface area contributed by atoms with Gasteiger partial charge in [-0.3, -0.25) is 0 Å². The Morgan fingerprint density at radius 3 is 2.64 bits per heavy atom. The molecule has 0 aliphatic carbocycles. The van der Waals surface area contributed by atoms with Gasteiger partial charge in [-0.25, -0.2) is 15.0 Å². The van der Waals surface area contributed by atoms with Crippen molar-refractivity contribution >= 4 is 17.3 Å². The summed E-state index contributed by atoms with van der Waals surface area (Å²) in [6.07, 6.45) is 1.64. The monoisotopic (exact) mass is 206 g/mol. The molecule has 4 nitrogen and oxygen atoms in total. The van der Waals surface area contributed by atoms with Crippen LogP contribution < -0.4 is 5.73 Å². The molecule has 2 aromatic heterocycles. The van der Waals surface area contributed by atoms with Gasteiger partial charge in [0.05, 0.1) is 10.7 Å². The molecule has 0 saturated heterocycles. The van der Waals surface area contributed by atoms with Gasteiger partial charge in [0.25, 0.3) is 0 Å². The first-order valence-electron chi connectivity index (χ1n) is 4.20. The maximum Gasteiger partial charge on any atom is 0.220 e. The zero-order valence-corrected chi connectivity index (χ0v) is 8.80. The molecule has 5 heteroatoms. The highest BCUT2D eigenvalue weighted by atomic mass is 32.1. The lowest BCUT2D eigenvalue weighted by molar-refractivity contribution is 1.16. The van der Waals surface area contributed by atoms with Crippen LogP contribution in [0.2, 0.25) is 0 Å². The predicted molar refractivity (Wildman–Crippen MR) is 57.0 cm³/mol. The Morgan fingerprint density at radius 2 is 2.07 bits per heavy atom. The molecular weight excluding hydrogens is 196 g/mol. The van der Waals surface area contributed by atoms with Crippen LogP contribution in [0.5, 0.6) is 0 Å². The number of thiazole rings is 1. The van der Waals surface area contributed by atoms with E-state index in [0.29, 0.717) is 0 Å². The number of hydrogen-bond donors (Lipinski definition) is 1. The van der Waals surface area contributed by atoms with Gasteiger partial charge in [0, 0.05) is 11.1 Å². The lowest BCUT2D eigenvalue weighted by atomic mass is 10.3. The number of rotatable bonds is 1. The van der Waals surface area contributed by atoms with Crippen molar-refractivity contribution in [3.05, 3.63) is 22.1 Å². The van der Waals surface area contributed by atoms with Crippen molar-refractivity contribution in [2.75, 3.05) is 5.73 Å². The van der Waals surface area contributed by atoms with Gasteiger partial charge in [0.1, 0.15) is 5.69 Å². The number of aryl methyl sites for hydroxylation is 2. The van der Waals surface area contributed by atoms with Gasteiger partial charge in [0.15, 0.2) is 0 Å². The van der Waals surface area contributed by atoms with Gasteiger partial charge in [-0.15, -0.1) is 11.3 Å². The van der Waals surface area contributed by atoms with E-state index in [9.17, 15) is 0 Å². The van der Waals surface area contributed by atoms with Gasteiger partial charge in [-0.2, -0.15) is 0 Å². The number of hydrogen-bond acceptors (Lipinski definition) is 5. The third kappa shape index (κ3) is 1.58. The second-order valence-corrected chi connectivity index (χ2v) is 4.35. The van der Waals surface area contributed by atoms with E-state index in [2.05, 4.69) is 15.0 Å². The second-order valence-electron chi connectivity index (χ2n) is 2.94. The largest absolute Gasteiger partial charge is 0.368 e. The number of nitrogens with two attached hydrogens (primary N) is 1. The van der Waals surface area contributed by atoms with Crippen molar-refractivity contribution in [2.45, 2.75) is 13.8 Å². The lowest BCUT2D eigenvalue weighted by Gasteiger charge is -1.97. The van der Waals surface area contributed by atoms with Crippen molar-refractivity contribution in [1.82, 2.24) is 15.0 Å². The summed E-state index contributed by atoms with van der Waals surface area (Å²) < 4.78 is 0. The molecule has 0 amide bonds. The molecule has 2 N–H and O–H groups in total. The van der Waals surface area contributed by atoms with Gasteiger partial charge >= 0.3 is 0 Å². The Labute approximate surface area is 85.9 Å². The minimum atomic E-state index is 0.285. The summed E-state index contributed by atoms with van der Waals surface area (Å²) in [5, 5.41) is 1.04. The van der Waals surface area contributed by atoms with E-state index >= 15 is 0 Å². The maximum absolute atomic E-state index is 5.51. The van der Waals surface area contributed by atoms with Crippen LogP contribution in [0.1, 0.15) is 9.88 Å². The van der Waals surface area contributed by atoms with Crippen LogP contribution in [-0.2, 0) is 0 Å². The molecule has 0 aromatic carbocycles. The van der Waals surface area contributed by atoms with E-state index in [1.165, 1.54) is 0 Å². The smallest absolute Gasteiger partial charge is 0.220 e. The Morgan fingerprint density at radius 1 is 1.29 bits per heavy atom. The number of anilines is 1. The van der Waals surface area contributed by atoms with Crippen molar-refractivity contribution in [2.24, 2.45) is 0 Å². The minimum Gasteiger partial charge on any atom is -0.368 e. The Kier molecular flexibility index (Phi) is 2.17. The molecule has 0 spiro atoms. The van der Waals surface area contributed by atoms with Crippen LogP contribution >= 0.6 is 11.3 Å². The van der Waals surface area contributed by atoms with Crippen LogP contribution in [0.4, 0.5) is 5.95 Å². The normalized spacial score (nSPS) is 10.4. The fourth-order valence-corrected chi connectivity index (χ4v) is 2.10. The van der Waals surface area contributed by atoms with Crippen molar-refractivity contribution in [3.8, 4) is 11.4 Å². The van der Waals surface area contributed by atoms with Crippen molar-refractivity contribution < 1.29 is 0 Å². The van der Waals surface area contributed by atoms with E-state index < -0.39 is 0 Å². The Bertz CT molecular complexity index is 464. The number of aromatic nitrogens is 3. The van der Waals surface area contributed by atoms with Crippen LogP contribution in [0.15, 0.2) is 12.3 Å². The zero-order valence-electron chi connectivity index (χ0n) is 7.98. The van der Waals surface area contributed by atoms with E-state index in [1.807, 2.05) is 19.9 Å². The summed E-state index contributed by atoms with van der Waals surface area (Å²) in [6, 6.07) is 1.82. The first-order chi connectivity index (χ1) is 6.66. The zero-order chi connectivity index (χ0) is 10.1. The molecule has 0 unspecified atom stereocenters. The number of nitrogens with zero attached hydrogens (tertiary/aromatic N) is 3. The summed E-state index contributed by atoms with van der Waals surface area (Å²) in [5.74, 6) is 0.285. The van der Waals surface area contributed by atoms with E-state index in [4.69, 9.17) is 5.73 Å².